The van der Waals surface area contributed by atoms with E-state index in [0.29, 0.717) is 16.1 Å². The molecule has 0 radical (unpaired) electrons. The van der Waals surface area contributed by atoms with Crippen LogP contribution in [-0.2, 0) is 0 Å². The Kier molecular flexibility index (Phi) is 4.69. The van der Waals surface area contributed by atoms with Crippen molar-refractivity contribution in [2.45, 2.75) is 26.2 Å². The number of pyridine rings is 1. The summed E-state index contributed by atoms with van der Waals surface area (Å²) in [7, 11) is 0. The van der Waals surface area contributed by atoms with Crippen LogP contribution in [0, 0.1) is 4.64 Å². The van der Waals surface area contributed by atoms with E-state index in [1.165, 1.54) is 5.56 Å². The highest BCUT2D eigenvalue weighted by Crippen LogP contribution is 2.20. The maximum absolute atomic E-state index is 12.1. The number of carbonyl (C=O) groups is 1. The molecule has 1 atom stereocenters. The van der Waals surface area contributed by atoms with Crippen molar-refractivity contribution in [3.8, 4) is 0 Å². The Morgan fingerprint density at radius 3 is 2.60 bits per heavy atom. The van der Waals surface area contributed by atoms with E-state index in [1.54, 1.807) is 18.3 Å². The first kappa shape index (κ1) is 14.5. The molecule has 0 saturated carbocycles. The number of carbonyl (C=O) groups excluding carboxylic acids is 1. The Hall–Kier alpha value is -1.94. The van der Waals surface area contributed by atoms with Gasteiger partial charge in [0.25, 0.3) is 5.91 Å². The van der Waals surface area contributed by atoms with Crippen molar-refractivity contribution < 1.29 is 4.79 Å². The highest BCUT2D eigenvalue weighted by atomic mass is 32.1. The number of anilines is 1. The summed E-state index contributed by atoms with van der Waals surface area (Å²) in [5.74, 6) is 0.339. The molecule has 0 saturated heterocycles. The molecule has 0 aliphatic rings. The van der Waals surface area contributed by atoms with E-state index in [4.69, 9.17) is 12.2 Å². The van der Waals surface area contributed by atoms with Crippen molar-refractivity contribution in [1.29, 1.82) is 0 Å². The van der Waals surface area contributed by atoms with Crippen molar-refractivity contribution in [3.63, 3.8) is 0 Å². The van der Waals surface area contributed by atoms with Crippen LogP contribution in [0.4, 0.5) is 5.69 Å². The van der Waals surface area contributed by atoms with Crippen molar-refractivity contribution in [2.24, 2.45) is 0 Å². The maximum Gasteiger partial charge on any atom is 0.258 e. The number of nitrogens with one attached hydrogen (secondary N) is 2. The SMILES string of the molecule is CCC(C)c1ccc(NC(=O)c2ccc[nH]c2=S)cc1. The molecule has 1 heterocycles. The topological polar surface area (TPSA) is 44.9 Å². The van der Waals surface area contributed by atoms with Gasteiger partial charge in [-0.25, -0.2) is 0 Å². The van der Waals surface area contributed by atoms with Crippen LogP contribution >= 0.6 is 12.2 Å². The molecule has 2 aromatic rings. The van der Waals surface area contributed by atoms with Gasteiger partial charge in [-0.15, -0.1) is 0 Å². The molecule has 4 heteroatoms. The number of H-pyrrole nitrogens is 1. The van der Waals surface area contributed by atoms with E-state index in [0.717, 1.165) is 12.1 Å². The van der Waals surface area contributed by atoms with E-state index in [2.05, 4.69) is 36.3 Å². The summed E-state index contributed by atoms with van der Waals surface area (Å²) < 4.78 is 0.446. The van der Waals surface area contributed by atoms with Gasteiger partial charge >= 0.3 is 0 Å². The minimum absolute atomic E-state index is 0.192. The number of benzene rings is 1. The molecule has 1 amide bonds. The van der Waals surface area contributed by atoms with Crippen molar-refractivity contribution >= 4 is 23.8 Å². The first-order valence-corrected chi connectivity index (χ1v) is 7.11. The molecule has 20 heavy (non-hydrogen) atoms. The second-order valence-corrected chi connectivity index (χ2v) is 5.21. The van der Waals surface area contributed by atoms with Crippen LogP contribution in [0.2, 0.25) is 0 Å². The largest absolute Gasteiger partial charge is 0.352 e. The Morgan fingerprint density at radius 1 is 1.30 bits per heavy atom. The predicted molar refractivity (Wildman–Crippen MR) is 84.7 cm³/mol. The third-order valence-electron chi connectivity index (χ3n) is 3.41. The molecule has 104 valence electrons. The summed E-state index contributed by atoms with van der Waals surface area (Å²) in [5.41, 5.74) is 2.54. The van der Waals surface area contributed by atoms with Crippen LogP contribution in [0.25, 0.3) is 0 Å². The fraction of sp³-hybridized carbons (Fsp3) is 0.250. The lowest BCUT2D eigenvalue weighted by Gasteiger charge is -2.10. The molecular weight excluding hydrogens is 268 g/mol. The lowest BCUT2D eigenvalue weighted by atomic mass is 9.99. The number of hydrogen-bond donors (Lipinski definition) is 2. The van der Waals surface area contributed by atoms with E-state index in [9.17, 15) is 4.79 Å². The fourth-order valence-corrected chi connectivity index (χ4v) is 2.16. The molecule has 0 aliphatic carbocycles. The van der Waals surface area contributed by atoms with Crippen molar-refractivity contribution in [1.82, 2.24) is 4.98 Å². The van der Waals surface area contributed by atoms with Gasteiger partial charge in [-0.05, 0) is 42.2 Å². The Balaban J connectivity index is 2.13. The molecular formula is C16H18N2OS. The molecule has 0 aliphatic heterocycles. The van der Waals surface area contributed by atoms with Crippen LogP contribution in [0.5, 0.6) is 0 Å². The van der Waals surface area contributed by atoms with E-state index in [-0.39, 0.29) is 5.91 Å². The third-order valence-corrected chi connectivity index (χ3v) is 3.75. The average molecular weight is 286 g/mol. The summed E-state index contributed by atoms with van der Waals surface area (Å²) in [4.78, 5) is 15.0. The highest BCUT2D eigenvalue weighted by molar-refractivity contribution is 7.71. The van der Waals surface area contributed by atoms with Gasteiger partial charge in [0.1, 0.15) is 4.64 Å². The van der Waals surface area contributed by atoms with E-state index in [1.807, 2.05) is 12.1 Å². The first-order chi connectivity index (χ1) is 9.61. The Bertz CT molecular complexity index is 646. The van der Waals surface area contributed by atoms with Gasteiger partial charge < -0.3 is 10.3 Å². The summed E-state index contributed by atoms with van der Waals surface area (Å²) in [6, 6.07) is 11.4. The monoisotopic (exact) mass is 286 g/mol. The minimum atomic E-state index is -0.192. The zero-order chi connectivity index (χ0) is 14.5. The van der Waals surface area contributed by atoms with Crippen molar-refractivity contribution in [3.05, 3.63) is 58.4 Å². The average Bonchev–Trinajstić information content (AvgIpc) is 2.47. The highest BCUT2D eigenvalue weighted by Gasteiger charge is 2.08. The van der Waals surface area contributed by atoms with Gasteiger partial charge in [0.05, 0.1) is 5.56 Å². The summed E-state index contributed by atoms with van der Waals surface area (Å²) in [6.07, 6.45) is 2.81. The normalized spacial score (nSPS) is 11.9. The summed E-state index contributed by atoms with van der Waals surface area (Å²) >= 11 is 5.10. The molecule has 1 unspecified atom stereocenters. The summed E-state index contributed by atoms with van der Waals surface area (Å²) in [5, 5.41) is 2.86. The zero-order valence-corrected chi connectivity index (χ0v) is 12.5. The molecule has 2 rings (SSSR count). The molecule has 2 N–H and O–H groups in total. The lowest BCUT2D eigenvalue weighted by molar-refractivity contribution is 0.102. The molecule has 1 aromatic carbocycles. The Morgan fingerprint density at radius 2 is 2.00 bits per heavy atom. The zero-order valence-electron chi connectivity index (χ0n) is 11.6. The Labute approximate surface area is 124 Å². The van der Waals surface area contributed by atoms with Crippen molar-refractivity contribution in [2.75, 3.05) is 5.32 Å². The number of amides is 1. The number of aromatic nitrogens is 1. The maximum atomic E-state index is 12.1. The van der Waals surface area contributed by atoms with Crippen LogP contribution in [-0.4, -0.2) is 10.9 Å². The van der Waals surface area contributed by atoms with Gasteiger partial charge in [-0.2, -0.15) is 0 Å². The number of aromatic amines is 1. The van der Waals surface area contributed by atoms with Gasteiger partial charge in [-0.1, -0.05) is 38.2 Å². The van der Waals surface area contributed by atoms with Crippen LogP contribution in [0.15, 0.2) is 42.6 Å². The molecule has 0 spiro atoms. The van der Waals surface area contributed by atoms with E-state index < -0.39 is 0 Å². The predicted octanol–water partition coefficient (Wildman–Crippen LogP) is 4.51. The van der Waals surface area contributed by atoms with Gasteiger partial charge in [0.15, 0.2) is 0 Å². The van der Waals surface area contributed by atoms with Gasteiger partial charge in [0.2, 0.25) is 0 Å². The van der Waals surface area contributed by atoms with Crippen LogP contribution in [0.1, 0.15) is 42.1 Å². The molecule has 1 aromatic heterocycles. The standard InChI is InChI=1S/C16H18N2OS/c1-3-11(2)12-6-8-13(9-7-12)18-15(19)14-5-4-10-17-16(14)20/h4-11H,3H2,1-2H3,(H,17,20)(H,18,19). The van der Waals surface area contributed by atoms with Gasteiger partial charge in [0, 0.05) is 11.9 Å². The molecule has 0 bridgehead atoms. The number of hydrogen-bond acceptors (Lipinski definition) is 2. The van der Waals surface area contributed by atoms with E-state index >= 15 is 0 Å². The van der Waals surface area contributed by atoms with Crippen LogP contribution < -0.4 is 5.32 Å². The smallest absolute Gasteiger partial charge is 0.258 e. The number of rotatable bonds is 4. The van der Waals surface area contributed by atoms with Gasteiger partial charge in [-0.3, -0.25) is 4.79 Å². The minimum Gasteiger partial charge on any atom is -0.352 e. The molecule has 3 nitrogen and oxygen atoms in total. The third kappa shape index (κ3) is 3.33. The second-order valence-electron chi connectivity index (χ2n) is 4.80. The molecule has 0 fully saturated rings. The first-order valence-electron chi connectivity index (χ1n) is 6.71. The fourth-order valence-electron chi connectivity index (χ4n) is 1.93. The van der Waals surface area contributed by atoms with Crippen LogP contribution in [0.3, 0.4) is 0 Å². The quantitative estimate of drug-likeness (QED) is 0.812. The summed E-state index contributed by atoms with van der Waals surface area (Å²) in [6.45, 7) is 4.36. The second kappa shape index (κ2) is 6.48. The lowest BCUT2D eigenvalue weighted by Crippen LogP contribution is -2.12.